The van der Waals surface area contributed by atoms with E-state index in [0.29, 0.717) is 0 Å². The number of nitrogens with zero attached hydrogens (tertiary/aromatic N) is 2. The Hall–Kier alpha value is -2.03. The highest BCUT2D eigenvalue weighted by Crippen LogP contribution is 2.24. The van der Waals surface area contributed by atoms with E-state index in [9.17, 15) is 0 Å². The summed E-state index contributed by atoms with van der Waals surface area (Å²) in [6.07, 6.45) is 6.50. The van der Waals surface area contributed by atoms with Crippen LogP contribution in [0.15, 0.2) is 30.3 Å². The molecular formula is C13H11N3. The van der Waals surface area contributed by atoms with Crippen LogP contribution >= 0.6 is 0 Å². The number of fused-ring (bicyclic) bond motifs is 5. The van der Waals surface area contributed by atoms with E-state index < -0.39 is 0 Å². The molecule has 78 valence electrons. The lowest BCUT2D eigenvalue weighted by Gasteiger charge is -2.04. The third-order valence-corrected chi connectivity index (χ3v) is 3.22. The first-order chi connectivity index (χ1) is 7.93. The molecule has 0 saturated heterocycles. The molecule has 0 fully saturated rings. The Kier molecular flexibility index (Phi) is 1.41. The quantitative estimate of drug-likeness (QED) is 0.606. The molecule has 1 N–H and O–H groups in total. The summed E-state index contributed by atoms with van der Waals surface area (Å²) in [6.45, 7) is 0. The maximum atomic E-state index is 4.61. The van der Waals surface area contributed by atoms with Gasteiger partial charge < -0.3 is 4.98 Å². The average Bonchev–Trinajstić information content (AvgIpc) is 2.83. The standard InChI is InChI=1S/C13H11N3/c1-3-7-11-9(5-1)14-13-15-10-6-2-4-8-12(10)16(11)13/h1-3,5-7H,4,8H2,(H,14,15). The van der Waals surface area contributed by atoms with Crippen molar-refractivity contribution >= 4 is 22.9 Å². The topological polar surface area (TPSA) is 33.1 Å². The monoisotopic (exact) mass is 209 g/mol. The van der Waals surface area contributed by atoms with Gasteiger partial charge in [0.2, 0.25) is 5.78 Å². The highest BCUT2D eigenvalue weighted by atomic mass is 15.1. The van der Waals surface area contributed by atoms with Crippen molar-refractivity contribution in [3.05, 3.63) is 41.7 Å². The number of rotatable bonds is 0. The minimum Gasteiger partial charge on any atom is -0.323 e. The minimum absolute atomic E-state index is 0.956. The molecule has 1 aliphatic carbocycles. The highest BCUT2D eigenvalue weighted by molar-refractivity contribution is 5.81. The van der Waals surface area contributed by atoms with Crippen molar-refractivity contribution in [1.29, 1.82) is 0 Å². The van der Waals surface area contributed by atoms with E-state index in [1.807, 2.05) is 6.07 Å². The summed E-state index contributed by atoms with van der Waals surface area (Å²) in [7, 11) is 0. The smallest absolute Gasteiger partial charge is 0.212 e. The van der Waals surface area contributed by atoms with E-state index in [-0.39, 0.29) is 0 Å². The molecule has 0 amide bonds. The molecule has 16 heavy (non-hydrogen) atoms. The lowest BCUT2D eigenvalue weighted by Crippen LogP contribution is -1.96. The van der Waals surface area contributed by atoms with E-state index in [0.717, 1.165) is 29.8 Å². The Balaban J connectivity index is 2.23. The van der Waals surface area contributed by atoms with Gasteiger partial charge in [-0.2, -0.15) is 0 Å². The second kappa shape index (κ2) is 2.76. The summed E-state index contributed by atoms with van der Waals surface area (Å²) < 4.78 is 2.24. The molecular weight excluding hydrogens is 198 g/mol. The van der Waals surface area contributed by atoms with Gasteiger partial charge in [0.05, 0.1) is 22.4 Å². The zero-order valence-electron chi connectivity index (χ0n) is 8.77. The maximum Gasteiger partial charge on any atom is 0.212 e. The van der Waals surface area contributed by atoms with Gasteiger partial charge in [0.15, 0.2) is 0 Å². The molecule has 0 atom stereocenters. The lowest BCUT2D eigenvalue weighted by atomic mass is 10.1. The van der Waals surface area contributed by atoms with Gasteiger partial charge >= 0.3 is 0 Å². The summed E-state index contributed by atoms with van der Waals surface area (Å²) in [5.74, 6) is 0.956. The van der Waals surface area contributed by atoms with Crippen molar-refractivity contribution in [1.82, 2.24) is 14.4 Å². The third-order valence-electron chi connectivity index (χ3n) is 3.22. The lowest BCUT2D eigenvalue weighted by molar-refractivity contribution is 0.922. The number of benzene rings is 1. The summed E-state index contributed by atoms with van der Waals surface area (Å²) in [5, 5.41) is 0. The molecule has 3 nitrogen and oxygen atoms in total. The number of para-hydroxylation sites is 2. The summed E-state index contributed by atoms with van der Waals surface area (Å²) in [5.41, 5.74) is 4.82. The Morgan fingerprint density at radius 2 is 2.19 bits per heavy atom. The zero-order valence-corrected chi connectivity index (χ0v) is 8.77. The number of allylic oxidation sites excluding steroid dienone is 1. The average molecular weight is 209 g/mol. The molecule has 3 aromatic rings. The number of aryl methyl sites for hydroxylation is 1. The van der Waals surface area contributed by atoms with E-state index in [1.54, 1.807) is 0 Å². The largest absolute Gasteiger partial charge is 0.323 e. The van der Waals surface area contributed by atoms with Crippen LogP contribution in [0.4, 0.5) is 0 Å². The van der Waals surface area contributed by atoms with Gasteiger partial charge in [-0.1, -0.05) is 18.2 Å². The number of nitrogens with one attached hydrogen (secondary N) is 1. The Labute approximate surface area is 92.4 Å². The highest BCUT2D eigenvalue weighted by Gasteiger charge is 2.15. The summed E-state index contributed by atoms with van der Waals surface area (Å²) in [4.78, 5) is 7.96. The van der Waals surface area contributed by atoms with Crippen LogP contribution in [0.3, 0.4) is 0 Å². The van der Waals surface area contributed by atoms with Crippen LogP contribution in [-0.2, 0) is 6.42 Å². The summed E-state index contributed by atoms with van der Waals surface area (Å²) >= 11 is 0. The normalized spacial score (nSPS) is 14.8. The molecule has 0 aliphatic heterocycles. The summed E-state index contributed by atoms with van der Waals surface area (Å²) in [6, 6.07) is 8.35. The molecule has 1 aliphatic rings. The van der Waals surface area contributed by atoms with Crippen molar-refractivity contribution in [3.63, 3.8) is 0 Å². The number of hydrogen-bond acceptors (Lipinski definition) is 1. The van der Waals surface area contributed by atoms with E-state index >= 15 is 0 Å². The van der Waals surface area contributed by atoms with Crippen molar-refractivity contribution in [3.8, 4) is 0 Å². The fourth-order valence-corrected chi connectivity index (χ4v) is 2.50. The van der Waals surface area contributed by atoms with Crippen molar-refractivity contribution in [2.45, 2.75) is 12.8 Å². The predicted molar refractivity (Wildman–Crippen MR) is 64.4 cm³/mol. The number of aromatic amines is 1. The molecule has 1 aromatic carbocycles. The van der Waals surface area contributed by atoms with Crippen LogP contribution in [0, 0.1) is 0 Å². The maximum absolute atomic E-state index is 4.61. The van der Waals surface area contributed by atoms with Gasteiger partial charge in [0, 0.05) is 0 Å². The molecule has 2 aromatic heterocycles. The zero-order chi connectivity index (χ0) is 10.5. The molecule has 3 heteroatoms. The fourth-order valence-electron chi connectivity index (χ4n) is 2.50. The van der Waals surface area contributed by atoms with Crippen LogP contribution in [0.2, 0.25) is 0 Å². The van der Waals surface area contributed by atoms with Gasteiger partial charge in [-0.15, -0.1) is 0 Å². The molecule has 0 radical (unpaired) electrons. The molecule has 2 heterocycles. The number of imidazole rings is 2. The number of hydrogen-bond donors (Lipinski definition) is 1. The first kappa shape index (κ1) is 8.16. The SMILES string of the molecule is C1=Cc2nc3[nH]c4ccccc4n3c2CC1. The van der Waals surface area contributed by atoms with Crippen LogP contribution in [0.25, 0.3) is 22.9 Å². The third kappa shape index (κ3) is 0.902. The number of H-pyrrole nitrogens is 1. The van der Waals surface area contributed by atoms with Crippen molar-refractivity contribution in [2.75, 3.05) is 0 Å². The van der Waals surface area contributed by atoms with E-state index in [2.05, 4.69) is 44.7 Å². The van der Waals surface area contributed by atoms with Crippen LogP contribution in [0.5, 0.6) is 0 Å². The van der Waals surface area contributed by atoms with E-state index in [1.165, 1.54) is 11.2 Å². The predicted octanol–water partition coefficient (Wildman–Crippen LogP) is 2.78. The van der Waals surface area contributed by atoms with Crippen LogP contribution in [0.1, 0.15) is 17.8 Å². The molecule has 0 unspecified atom stereocenters. The second-order valence-corrected chi connectivity index (χ2v) is 4.19. The Morgan fingerprint density at radius 1 is 1.25 bits per heavy atom. The molecule has 0 bridgehead atoms. The molecule has 4 rings (SSSR count). The first-order valence-corrected chi connectivity index (χ1v) is 5.58. The van der Waals surface area contributed by atoms with Crippen molar-refractivity contribution in [2.24, 2.45) is 0 Å². The van der Waals surface area contributed by atoms with E-state index in [4.69, 9.17) is 0 Å². The van der Waals surface area contributed by atoms with Gasteiger partial charge in [-0.3, -0.25) is 4.40 Å². The Morgan fingerprint density at radius 3 is 3.19 bits per heavy atom. The van der Waals surface area contributed by atoms with Gasteiger partial charge in [0.25, 0.3) is 0 Å². The van der Waals surface area contributed by atoms with Gasteiger partial charge in [-0.05, 0) is 31.1 Å². The fraction of sp³-hybridized carbons (Fsp3) is 0.154. The van der Waals surface area contributed by atoms with Gasteiger partial charge in [-0.25, -0.2) is 4.98 Å². The Bertz CT molecular complexity index is 715. The molecule has 0 saturated carbocycles. The van der Waals surface area contributed by atoms with Crippen LogP contribution < -0.4 is 0 Å². The minimum atomic E-state index is 0.956. The van der Waals surface area contributed by atoms with Crippen molar-refractivity contribution < 1.29 is 0 Å². The van der Waals surface area contributed by atoms with Gasteiger partial charge in [0.1, 0.15) is 0 Å². The second-order valence-electron chi connectivity index (χ2n) is 4.19. The molecule has 0 spiro atoms. The first-order valence-electron chi connectivity index (χ1n) is 5.58. The number of aromatic nitrogens is 3. The van der Waals surface area contributed by atoms with Crippen LogP contribution in [-0.4, -0.2) is 14.4 Å².